The van der Waals surface area contributed by atoms with Crippen molar-refractivity contribution in [2.24, 2.45) is 0 Å². The molecule has 3 aromatic rings. The standard InChI is InChI=1S/C25H20N2O4/c1-2-4-20(5-3-1)27-21(18-8-11-23-25(13-18)31-16-29-23)14-19(26-27)9-6-17-7-10-22-24(12-17)30-15-28-22/h1-14,21,26H,15-16H2/t21-/m1/s1. The van der Waals surface area contributed by atoms with E-state index in [-0.39, 0.29) is 19.6 Å². The molecule has 6 rings (SSSR count). The van der Waals surface area contributed by atoms with E-state index in [1.807, 2.05) is 48.5 Å². The van der Waals surface area contributed by atoms with Crippen molar-refractivity contribution in [3.8, 4) is 23.0 Å². The fourth-order valence-electron chi connectivity index (χ4n) is 3.94. The van der Waals surface area contributed by atoms with Crippen LogP contribution in [0.2, 0.25) is 0 Å². The highest BCUT2D eigenvalue weighted by Gasteiger charge is 2.27. The van der Waals surface area contributed by atoms with Crippen molar-refractivity contribution in [1.29, 1.82) is 0 Å². The second kappa shape index (κ2) is 7.32. The molecule has 6 nitrogen and oxygen atoms in total. The first-order valence-corrected chi connectivity index (χ1v) is 10.1. The van der Waals surface area contributed by atoms with Gasteiger partial charge in [0.25, 0.3) is 0 Å². The van der Waals surface area contributed by atoms with E-state index in [1.165, 1.54) is 0 Å². The molecule has 0 unspecified atom stereocenters. The molecule has 0 aromatic heterocycles. The lowest BCUT2D eigenvalue weighted by molar-refractivity contribution is 0.173. The van der Waals surface area contributed by atoms with Crippen molar-refractivity contribution in [2.75, 3.05) is 18.6 Å². The quantitative estimate of drug-likeness (QED) is 0.664. The highest BCUT2D eigenvalue weighted by Crippen LogP contribution is 2.39. The summed E-state index contributed by atoms with van der Waals surface area (Å²) >= 11 is 0. The Morgan fingerprint density at radius 3 is 2.26 bits per heavy atom. The number of hydrogen-bond donors (Lipinski definition) is 1. The minimum Gasteiger partial charge on any atom is -0.454 e. The molecule has 3 aliphatic rings. The number of anilines is 1. The molecule has 3 aliphatic heterocycles. The lowest BCUT2D eigenvalue weighted by atomic mass is 10.0. The predicted molar refractivity (Wildman–Crippen MR) is 117 cm³/mol. The largest absolute Gasteiger partial charge is 0.454 e. The van der Waals surface area contributed by atoms with Gasteiger partial charge in [0.05, 0.1) is 17.4 Å². The van der Waals surface area contributed by atoms with Crippen LogP contribution in [0.25, 0.3) is 6.08 Å². The molecule has 1 N–H and O–H groups in total. The maximum Gasteiger partial charge on any atom is 0.231 e. The fourth-order valence-corrected chi connectivity index (χ4v) is 3.94. The minimum atomic E-state index is 0.00769. The molecule has 0 saturated heterocycles. The number of ether oxygens (including phenoxy) is 4. The molecule has 0 bridgehead atoms. The van der Waals surface area contributed by atoms with Gasteiger partial charge in [-0.15, -0.1) is 0 Å². The third-order valence-corrected chi connectivity index (χ3v) is 5.49. The molecule has 0 spiro atoms. The molecule has 31 heavy (non-hydrogen) atoms. The topological polar surface area (TPSA) is 52.2 Å². The number of nitrogens with zero attached hydrogens (tertiary/aromatic N) is 1. The van der Waals surface area contributed by atoms with E-state index in [2.05, 4.69) is 46.9 Å². The molecule has 3 aromatic carbocycles. The molecule has 3 heterocycles. The van der Waals surface area contributed by atoms with Crippen molar-refractivity contribution in [3.63, 3.8) is 0 Å². The van der Waals surface area contributed by atoms with Gasteiger partial charge < -0.3 is 18.9 Å². The van der Waals surface area contributed by atoms with Gasteiger partial charge in [0.1, 0.15) is 0 Å². The van der Waals surface area contributed by atoms with Crippen LogP contribution < -0.4 is 29.4 Å². The number of hydrazine groups is 1. The molecule has 0 amide bonds. The second-order valence-electron chi connectivity index (χ2n) is 7.44. The van der Waals surface area contributed by atoms with Crippen molar-refractivity contribution in [1.82, 2.24) is 5.43 Å². The van der Waals surface area contributed by atoms with Crippen LogP contribution in [0.1, 0.15) is 17.2 Å². The van der Waals surface area contributed by atoms with Crippen molar-refractivity contribution in [3.05, 3.63) is 95.7 Å². The van der Waals surface area contributed by atoms with E-state index in [1.54, 1.807) is 0 Å². The number of rotatable bonds is 4. The van der Waals surface area contributed by atoms with Crippen LogP contribution in [0.3, 0.4) is 0 Å². The first-order chi connectivity index (χ1) is 15.3. The Morgan fingerprint density at radius 2 is 1.45 bits per heavy atom. The Morgan fingerprint density at radius 1 is 0.742 bits per heavy atom. The van der Waals surface area contributed by atoms with Crippen LogP contribution >= 0.6 is 0 Å². The highest BCUT2D eigenvalue weighted by atomic mass is 16.7. The summed E-state index contributed by atoms with van der Waals surface area (Å²) in [5.74, 6) is 3.13. The third kappa shape index (κ3) is 3.32. The summed E-state index contributed by atoms with van der Waals surface area (Å²) in [5.41, 5.74) is 7.77. The Balaban J connectivity index is 1.32. The zero-order chi connectivity index (χ0) is 20.6. The van der Waals surface area contributed by atoms with Gasteiger partial charge in [-0.25, -0.2) is 0 Å². The Bertz CT molecular complexity index is 1190. The molecule has 0 saturated carbocycles. The average molecular weight is 412 g/mol. The van der Waals surface area contributed by atoms with Crippen LogP contribution in [0.4, 0.5) is 5.69 Å². The van der Waals surface area contributed by atoms with E-state index in [0.717, 1.165) is 45.5 Å². The SMILES string of the molecule is C(=Cc1ccc2c(c1)OCO2)C1=C[C@H](c2ccc3c(c2)OCO3)N(c2ccccc2)N1. The second-order valence-corrected chi connectivity index (χ2v) is 7.44. The monoisotopic (exact) mass is 412 g/mol. The van der Waals surface area contributed by atoms with Crippen molar-refractivity contribution >= 4 is 11.8 Å². The Labute approximate surface area is 179 Å². The van der Waals surface area contributed by atoms with E-state index in [0.29, 0.717) is 0 Å². The van der Waals surface area contributed by atoms with E-state index >= 15 is 0 Å². The number of benzene rings is 3. The smallest absolute Gasteiger partial charge is 0.231 e. The summed E-state index contributed by atoms with van der Waals surface area (Å²) in [6, 6.07) is 22.3. The van der Waals surface area contributed by atoms with Gasteiger partial charge in [0, 0.05) is 0 Å². The van der Waals surface area contributed by atoms with Gasteiger partial charge in [0.15, 0.2) is 23.0 Å². The number of allylic oxidation sites excluding steroid dienone is 1. The summed E-state index contributed by atoms with van der Waals surface area (Å²) in [7, 11) is 0. The van der Waals surface area contributed by atoms with Crippen LogP contribution in [-0.2, 0) is 0 Å². The number of hydrogen-bond acceptors (Lipinski definition) is 6. The summed E-state index contributed by atoms with van der Waals surface area (Å²) in [4.78, 5) is 0. The Kier molecular flexibility index (Phi) is 4.20. The average Bonchev–Trinajstić information content (AvgIpc) is 3.56. The highest BCUT2D eigenvalue weighted by molar-refractivity contribution is 5.61. The summed E-state index contributed by atoms with van der Waals surface area (Å²) < 4.78 is 21.9. The molecule has 0 fully saturated rings. The normalized spacial score (nSPS) is 18.4. The van der Waals surface area contributed by atoms with Crippen LogP contribution in [-0.4, -0.2) is 13.6 Å². The maximum atomic E-state index is 5.59. The van der Waals surface area contributed by atoms with Gasteiger partial charge in [0.2, 0.25) is 13.6 Å². The first kappa shape index (κ1) is 17.8. The van der Waals surface area contributed by atoms with E-state index in [4.69, 9.17) is 18.9 Å². The van der Waals surface area contributed by atoms with Gasteiger partial charge in [-0.1, -0.05) is 36.4 Å². The lowest BCUT2D eigenvalue weighted by Gasteiger charge is -2.27. The maximum absolute atomic E-state index is 5.59. The summed E-state index contributed by atoms with van der Waals surface area (Å²) in [6.45, 7) is 0.544. The molecule has 154 valence electrons. The first-order valence-electron chi connectivity index (χ1n) is 10.1. The third-order valence-electron chi connectivity index (χ3n) is 5.49. The zero-order valence-electron chi connectivity index (χ0n) is 16.7. The van der Waals surface area contributed by atoms with Crippen molar-refractivity contribution in [2.45, 2.75) is 6.04 Å². The number of para-hydroxylation sites is 1. The zero-order valence-corrected chi connectivity index (χ0v) is 16.7. The van der Waals surface area contributed by atoms with Gasteiger partial charge >= 0.3 is 0 Å². The van der Waals surface area contributed by atoms with Crippen molar-refractivity contribution < 1.29 is 18.9 Å². The van der Waals surface area contributed by atoms with Gasteiger partial charge in [-0.05, 0) is 59.7 Å². The lowest BCUT2D eigenvalue weighted by Crippen LogP contribution is -2.33. The number of nitrogens with one attached hydrogen (secondary N) is 1. The van der Waals surface area contributed by atoms with Crippen LogP contribution in [0.5, 0.6) is 23.0 Å². The fraction of sp³-hybridized carbons (Fsp3) is 0.120. The van der Waals surface area contributed by atoms with Gasteiger partial charge in [-0.3, -0.25) is 10.4 Å². The van der Waals surface area contributed by atoms with Crippen LogP contribution in [0, 0.1) is 0 Å². The predicted octanol–water partition coefficient (Wildman–Crippen LogP) is 4.81. The van der Waals surface area contributed by atoms with Crippen LogP contribution in [0.15, 0.2) is 84.6 Å². The summed E-state index contributed by atoms with van der Waals surface area (Å²) in [5, 5.41) is 2.15. The number of fused-ring (bicyclic) bond motifs is 2. The van der Waals surface area contributed by atoms with E-state index < -0.39 is 0 Å². The molecular formula is C25H20N2O4. The van der Waals surface area contributed by atoms with E-state index in [9.17, 15) is 0 Å². The molecule has 6 heteroatoms. The Hall–Kier alpha value is -4.06. The summed E-state index contributed by atoms with van der Waals surface area (Å²) in [6.07, 6.45) is 6.33. The minimum absolute atomic E-state index is 0.00769. The van der Waals surface area contributed by atoms with Gasteiger partial charge in [-0.2, -0.15) is 0 Å². The molecule has 0 aliphatic carbocycles. The molecular weight excluding hydrogens is 392 g/mol. The molecule has 1 atom stereocenters. The molecule has 0 radical (unpaired) electrons.